The van der Waals surface area contributed by atoms with Gasteiger partial charge in [-0.2, -0.15) is 5.10 Å². The highest BCUT2D eigenvalue weighted by molar-refractivity contribution is 9.10. The van der Waals surface area contributed by atoms with Crippen molar-refractivity contribution in [3.63, 3.8) is 0 Å². The minimum absolute atomic E-state index is 0.0500. The van der Waals surface area contributed by atoms with Crippen LogP contribution in [-0.2, 0) is 13.2 Å². The van der Waals surface area contributed by atoms with Gasteiger partial charge in [0.25, 0.3) is 5.69 Å². The summed E-state index contributed by atoms with van der Waals surface area (Å²) in [5, 5.41) is 16.1. The number of benzene rings is 3. The molecule has 0 spiro atoms. The molecule has 0 amide bonds. The average molecular weight is 509 g/mol. The number of non-ortho nitro benzene ring substituents is 1. The van der Waals surface area contributed by atoms with E-state index in [4.69, 9.17) is 27.9 Å². The Hall–Kier alpha value is -2.61. The normalized spacial score (nSPS) is 10.9. The van der Waals surface area contributed by atoms with Gasteiger partial charge >= 0.3 is 0 Å². The Kier molecular flexibility index (Phi) is 7.68. The highest BCUT2D eigenvalue weighted by atomic mass is 79.9. The van der Waals surface area contributed by atoms with E-state index in [1.165, 1.54) is 12.1 Å². The lowest BCUT2D eigenvalue weighted by molar-refractivity contribution is -0.384. The molecule has 6 nitrogen and oxygen atoms in total. The van der Waals surface area contributed by atoms with Crippen LogP contribution < -0.4 is 10.2 Å². The molecule has 0 saturated carbocycles. The maximum Gasteiger partial charge on any atom is 0.269 e. The first-order valence-corrected chi connectivity index (χ1v) is 10.3. The third-order valence-electron chi connectivity index (χ3n) is 4.12. The molecule has 0 unspecified atom stereocenters. The number of ether oxygens (including phenoxy) is 1. The minimum atomic E-state index is -0.431. The van der Waals surface area contributed by atoms with Gasteiger partial charge in [-0.15, -0.1) is 0 Å². The van der Waals surface area contributed by atoms with Gasteiger partial charge in [0.2, 0.25) is 0 Å². The SMILES string of the molecule is O=[N+]([O-])c1ccc(COc2ccc(/C=N/NCc3c(Cl)cccc3Cl)cc2Br)cc1. The third kappa shape index (κ3) is 5.95. The summed E-state index contributed by atoms with van der Waals surface area (Å²) < 4.78 is 6.55. The molecule has 0 aliphatic carbocycles. The van der Waals surface area contributed by atoms with Crippen LogP contribution in [0.25, 0.3) is 0 Å². The van der Waals surface area contributed by atoms with E-state index >= 15 is 0 Å². The van der Waals surface area contributed by atoms with Crippen molar-refractivity contribution in [3.05, 3.63) is 102 Å². The van der Waals surface area contributed by atoms with E-state index in [9.17, 15) is 10.1 Å². The van der Waals surface area contributed by atoms with E-state index in [0.717, 1.165) is 21.2 Å². The van der Waals surface area contributed by atoms with Crippen LogP contribution in [-0.4, -0.2) is 11.1 Å². The van der Waals surface area contributed by atoms with Crippen LogP contribution in [0.4, 0.5) is 5.69 Å². The Bertz CT molecular complexity index is 1060. The summed E-state index contributed by atoms with van der Waals surface area (Å²) in [4.78, 5) is 10.3. The van der Waals surface area contributed by atoms with E-state index in [1.807, 2.05) is 18.2 Å². The van der Waals surface area contributed by atoms with E-state index in [2.05, 4.69) is 26.5 Å². The van der Waals surface area contributed by atoms with Gasteiger partial charge in [0.1, 0.15) is 12.4 Å². The van der Waals surface area contributed by atoms with Crippen LogP contribution in [0.3, 0.4) is 0 Å². The van der Waals surface area contributed by atoms with Crippen LogP contribution in [0.5, 0.6) is 5.75 Å². The Morgan fingerprint density at radius 2 is 1.80 bits per heavy atom. The lowest BCUT2D eigenvalue weighted by atomic mass is 10.2. The summed E-state index contributed by atoms with van der Waals surface area (Å²) in [6.07, 6.45) is 1.68. The van der Waals surface area contributed by atoms with E-state index in [0.29, 0.717) is 28.9 Å². The number of nitrogens with one attached hydrogen (secondary N) is 1. The molecule has 3 aromatic carbocycles. The smallest absolute Gasteiger partial charge is 0.269 e. The zero-order valence-electron chi connectivity index (χ0n) is 15.5. The molecule has 0 aliphatic heterocycles. The van der Waals surface area contributed by atoms with E-state index in [1.54, 1.807) is 36.5 Å². The predicted molar refractivity (Wildman–Crippen MR) is 122 cm³/mol. The summed E-state index contributed by atoms with van der Waals surface area (Å²) in [6, 6.07) is 17.2. The Labute approximate surface area is 191 Å². The zero-order valence-corrected chi connectivity index (χ0v) is 18.6. The molecule has 1 N–H and O–H groups in total. The topological polar surface area (TPSA) is 76.8 Å². The molecule has 0 bridgehead atoms. The van der Waals surface area contributed by atoms with Gasteiger partial charge in [0.15, 0.2) is 0 Å². The van der Waals surface area contributed by atoms with Crippen LogP contribution >= 0.6 is 39.1 Å². The summed E-state index contributed by atoms with van der Waals surface area (Å²) in [5.41, 5.74) is 5.46. The number of rotatable bonds is 8. The monoisotopic (exact) mass is 507 g/mol. The molecule has 0 radical (unpaired) electrons. The molecule has 0 atom stereocenters. The van der Waals surface area contributed by atoms with Crippen molar-refractivity contribution in [2.75, 3.05) is 0 Å². The molecular weight excluding hydrogens is 493 g/mol. The number of nitrogens with zero attached hydrogens (tertiary/aromatic N) is 2. The number of nitro benzene ring substituents is 1. The Morgan fingerprint density at radius 1 is 1.10 bits per heavy atom. The molecule has 0 fully saturated rings. The molecule has 3 aromatic rings. The van der Waals surface area contributed by atoms with Gasteiger partial charge in [-0.25, -0.2) is 0 Å². The van der Waals surface area contributed by atoms with Gasteiger partial charge < -0.3 is 10.2 Å². The second-order valence-electron chi connectivity index (χ2n) is 6.20. The summed E-state index contributed by atoms with van der Waals surface area (Å²) in [7, 11) is 0. The van der Waals surface area contributed by atoms with E-state index < -0.39 is 4.92 Å². The molecule has 30 heavy (non-hydrogen) atoms. The van der Waals surface area contributed by atoms with Gasteiger partial charge in [-0.3, -0.25) is 10.1 Å². The molecule has 154 valence electrons. The molecule has 0 aromatic heterocycles. The van der Waals surface area contributed by atoms with Crippen LogP contribution in [0.2, 0.25) is 10.0 Å². The fourth-order valence-electron chi connectivity index (χ4n) is 2.54. The fourth-order valence-corrected chi connectivity index (χ4v) is 3.58. The molecular formula is C21H16BrCl2N3O3. The minimum Gasteiger partial charge on any atom is -0.488 e. The standard InChI is InChI=1S/C21H16BrCl2N3O3/c22-18-10-15(11-25-26-12-17-19(23)2-1-3-20(17)24)6-9-21(18)30-13-14-4-7-16(8-5-14)27(28)29/h1-11,26H,12-13H2/b25-11+. The largest absolute Gasteiger partial charge is 0.488 e. The first-order chi connectivity index (χ1) is 14.4. The van der Waals surface area contributed by atoms with Crippen LogP contribution in [0, 0.1) is 10.1 Å². The summed E-state index contributed by atoms with van der Waals surface area (Å²) in [6.45, 7) is 0.705. The maximum absolute atomic E-state index is 10.7. The van der Waals surface area contributed by atoms with Gasteiger partial charge in [-0.1, -0.05) is 29.3 Å². The van der Waals surface area contributed by atoms with Crippen molar-refractivity contribution in [1.29, 1.82) is 0 Å². The number of hydrogen-bond donors (Lipinski definition) is 1. The molecule has 0 aliphatic rings. The average Bonchev–Trinajstić information content (AvgIpc) is 2.72. The van der Waals surface area contributed by atoms with Crippen LogP contribution in [0.15, 0.2) is 70.2 Å². The van der Waals surface area contributed by atoms with Gasteiger partial charge in [-0.05, 0) is 69.5 Å². The van der Waals surface area contributed by atoms with Crippen molar-refractivity contribution >= 4 is 51.0 Å². The second-order valence-corrected chi connectivity index (χ2v) is 7.86. The van der Waals surface area contributed by atoms with Crippen LogP contribution in [0.1, 0.15) is 16.7 Å². The maximum atomic E-state index is 10.7. The lowest BCUT2D eigenvalue weighted by Crippen LogP contribution is -2.06. The highest BCUT2D eigenvalue weighted by Gasteiger charge is 2.07. The van der Waals surface area contributed by atoms with Crippen molar-refractivity contribution in [3.8, 4) is 5.75 Å². The Balaban J connectivity index is 1.55. The quantitative estimate of drug-likeness (QED) is 0.218. The Morgan fingerprint density at radius 3 is 2.43 bits per heavy atom. The molecule has 3 rings (SSSR count). The third-order valence-corrected chi connectivity index (χ3v) is 5.45. The van der Waals surface area contributed by atoms with Crippen molar-refractivity contribution in [1.82, 2.24) is 5.43 Å². The lowest BCUT2D eigenvalue weighted by Gasteiger charge is -2.09. The molecule has 0 heterocycles. The number of hydrazone groups is 1. The van der Waals surface area contributed by atoms with Gasteiger partial charge in [0, 0.05) is 27.7 Å². The van der Waals surface area contributed by atoms with Crippen molar-refractivity contribution < 1.29 is 9.66 Å². The first kappa shape index (κ1) is 22.1. The summed E-state index contributed by atoms with van der Waals surface area (Å²) >= 11 is 15.8. The zero-order chi connectivity index (χ0) is 21.5. The number of nitro groups is 1. The fraction of sp³-hybridized carbons (Fsp3) is 0.0952. The number of halogens is 3. The van der Waals surface area contributed by atoms with Crippen molar-refractivity contribution in [2.45, 2.75) is 13.2 Å². The first-order valence-electron chi connectivity index (χ1n) is 8.78. The predicted octanol–water partition coefficient (Wildman–Crippen LogP) is 6.37. The second kappa shape index (κ2) is 10.4. The van der Waals surface area contributed by atoms with E-state index in [-0.39, 0.29) is 5.69 Å². The number of hydrogen-bond acceptors (Lipinski definition) is 5. The van der Waals surface area contributed by atoms with Crippen molar-refractivity contribution in [2.24, 2.45) is 5.10 Å². The highest BCUT2D eigenvalue weighted by Crippen LogP contribution is 2.27. The molecule has 0 saturated heterocycles. The van der Waals surface area contributed by atoms with Gasteiger partial charge in [0.05, 0.1) is 22.2 Å². The molecule has 9 heteroatoms. The summed E-state index contributed by atoms with van der Waals surface area (Å²) in [5.74, 6) is 0.654.